The van der Waals surface area contributed by atoms with Gasteiger partial charge in [0.05, 0.1) is 11.4 Å². The Labute approximate surface area is 185 Å². The van der Waals surface area contributed by atoms with Gasteiger partial charge < -0.3 is 4.90 Å². The summed E-state index contributed by atoms with van der Waals surface area (Å²) < 4.78 is 55.2. The first-order valence-electron chi connectivity index (χ1n) is 10.7. The van der Waals surface area contributed by atoms with Gasteiger partial charge in [0.1, 0.15) is 0 Å². The minimum absolute atomic E-state index is 0.0373. The third-order valence-electron chi connectivity index (χ3n) is 6.18. The molecular formula is C20H32N4O5S2. The van der Waals surface area contributed by atoms with Gasteiger partial charge in [-0.1, -0.05) is 37.5 Å². The molecule has 0 bridgehead atoms. The van der Waals surface area contributed by atoms with Crippen molar-refractivity contribution in [3.05, 3.63) is 30.3 Å². The monoisotopic (exact) mass is 472 g/mol. The standard InChI is InChI=1S/C20H32N4O5S2/c1-21(30(26,27)19-11-7-4-8-12-19)17-20(25)23-13-15-24(16-14-23)31(28,29)22(2)18-9-5-3-6-10-18/h4,7-8,11-12,18H,3,5-6,9-10,13-17H2,1-2H3. The van der Waals surface area contributed by atoms with Gasteiger partial charge in [0.25, 0.3) is 10.2 Å². The van der Waals surface area contributed by atoms with Crippen LogP contribution in [0.5, 0.6) is 0 Å². The molecule has 9 nitrogen and oxygen atoms in total. The molecule has 11 heteroatoms. The van der Waals surface area contributed by atoms with Crippen LogP contribution in [0.25, 0.3) is 0 Å². The van der Waals surface area contributed by atoms with Gasteiger partial charge in [-0.2, -0.15) is 21.3 Å². The van der Waals surface area contributed by atoms with Gasteiger partial charge in [-0.3, -0.25) is 4.79 Å². The largest absolute Gasteiger partial charge is 0.339 e. The highest BCUT2D eigenvalue weighted by Crippen LogP contribution is 2.25. The minimum atomic E-state index is -3.76. The van der Waals surface area contributed by atoms with Crippen LogP contribution in [0.3, 0.4) is 0 Å². The first-order valence-corrected chi connectivity index (χ1v) is 13.5. The predicted molar refractivity (Wildman–Crippen MR) is 118 cm³/mol. The first kappa shape index (κ1) is 24.1. The second kappa shape index (κ2) is 9.95. The summed E-state index contributed by atoms with van der Waals surface area (Å²) in [7, 11) is -4.31. The topological polar surface area (TPSA) is 98.3 Å². The molecule has 1 aromatic rings. The maximum atomic E-state index is 13.0. The molecule has 1 saturated carbocycles. The van der Waals surface area contributed by atoms with Crippen molar-refractivity contribution in [2.75, 3.05) is 46.8 Å². The highest BCUT2D eigenvalue weighted by atomic mass is 32.2. The van der Waals surface area contributed by atoms with Crippen LogP contribution < -0.4 is 0 Å². The average molecular weight is 473 g/mol. The lowest BCUT2D eigenvalue weighted by Gasteiger charge is -2.39. The number of amides is 1. The Bertz CT molecular complexity index is 955. The van der Waals surface area contributed by atoms with E-state index in [2.05, 4.69) is 0 Å². The van der Waals surface area contributed by atoms with Gasteiger partial charge in [-0.05, 0) is 25.0 Å². The van der Waals surface area contributed by atoms with Crippen LogP contribution in [0.2, 0.25) is 0 Å². The summed E-state index contributed by atoms with van der Waals surface area (Å²) in [6.45, 7) is 0.623. The minimum Gasteiger partial charge on any atom is -0.339 e. The van der Waals surface area contributed by atoms with Gasteiger partial charge in [0.2, 0.25) is 15.9 Å². The van der Waals surface area contributed by atoms with E-state index in [0.717, 1.165) is 36.4 Å². The van der Waals surface area contributed by atoms with Gasteiger partial charge in [0.15, 0.2) is 0 Å². The van der Waals surface area contributed by atoms with Crippen LogP contribution in [-0.4, -0.2) is 93.4 Å². The van der Waals surface area contributed by atoms with E-state index in [-0.39, 0.29) is 49.6 Å². The fraction of sp³-hybridized carbons (Fsp3) is 0.650. The quantitative estimate of drug-likeness (QED) is 0.589. The van der Waals surface area contributed by atoms with E-state index >= 15 is 0 Å². The van der Waals surface area contributed by atoms with Crippen molar-refractivity contribution < 1.29 is 21.6 Å². The molecule has 0 aromatic heterocycles. The summed E-state index contributed by atoms with van der Waals surface area (Å²) in [5.41, 5.74) is 0. The zero-order valence-corrected chi connectivity index (χ0v) is 19.8. The van der Waals surface area contributed by atoms with E-state index in [1.165, 1.54) is 32.7 Å². The summed E-state index contributed by atoms with van der Waals surface area (Å²) in [5.74, 6) is -0.334. The van der Waals surface area contributed by atoms with E-state index in [4.69, 9.17) is 0 Å². The average Bonchev–Trinajstić information content (AvgIpc) is 2.79. The molecule has 1 saturated heterocycles. The Morgan fingerprint density at radius 3 is 2.10 bits per heavy atom. The summed E-state index contributed by atoms with van der Waals surface area (Å²) in [6.07, 6.45) is 5.02. The van der Waals surface area contributed by atoms with Gasteiger partial charge in [0, 0.05) is 46.3 Å². The van der Waals surface area contributed by atoms with Gasteiger partial charge in [-0.25, -0.2) is 8.42 Å². The zero-order valence-electron chi connectivity index (χ0n) is 18.2. The van der Waals surface area contributed by atoms with E-state index in [9.17, 15) is 21.6 Å². The normalized spacial score (nSPS) is 19.8. The van der Waals surface area contributed by atoms with Gasteiger partial charge >= 0.3 is 0 Å². The molecule has 2 fully saturated rings. The Kier molecular flexibility index (Phi) is 7.74. The highest BCUT2D eigenvalue weighted by molar-refractivity contribution is 7.89. The molecular weight excluding hydrogens is 440 g/mol. The number of nitrogens with zero attached hydrogens (tertiary/aromatic N) is 4. The smallest absolute Gasteiger partial charge is 0.282 e. The molecule has 3 rings (SSSR count). The second-order valence-corrected chi connectivity index (χ2v) is 12.2. The molecule has 0 radical (unpaired) electrons. The maximum absolute atomic E-state index is 13.0. The molecule has 0 unspecified atom stereocenters. The Morgan fingerprint density at radius 2 is 1.52 bits per heavy atom. The van der Waals surface area contributed by atoms with Crippen molar-refractivity contribution in [3.63, 3.8) is 0 Å². The number of hydrogen-bond donors (Lipinski definition) is 0. The second-order valence-electron chi connectivity index (χ2n) is 8.17. The first-order chi connectivity index (χ1) is 14.6. The number of hydrogen-bond acceptors (Lipinski definition) is 5. The third-order valence-corrected chi connectivity index (χ3v) is 10.0. The molecule has 1 amide bonds. The molecule has 31 heavy (non-hydrogen) atoms. The number of benzene rings is 1. The third kappa shape index (κ3) is 5.46. The molecule has 0 N–H and O–H groups in total. The predicted octanol–water partition coefficient (Wildman–Crippen LogP) is 0.961. The summed E-state index contributed by atoms with van der Waals surface area (Å²) in [4.78, 5) is 14.3. The fourth-order valence-electron chi connectivity index (χ4n) is 4.13. The van der Waals surface area contributed by atoms with Crippen LogP contribution in [-0.2, 0) is 25.0 Å². The van der Waals surface area contributed by atoms with E-state index in [1.807, 2.05) is 0 Å². The van der Waals surface area contributed by atoms with Crippen molar-refractivity contribution in [2.24, 2.45) is 0 Å². The fourth-order valence-corrected chi connectivity index (χ4v) is 6.85. The molecule has 0 spiro atoms. The Morgan fingerprint density at radius 1 is 0.935 bits per heavy atom. The SMILES string of the molecule is CN(CC(=O)N1CCN(S(=O)(=O)N(C)C2CCCCC2)CC1)S(=O)(=O)c1ccccc1. The van der Waals surface area contributed by atoms with Crippen molar-refractivity contribution >= 4 is 26.1 Å². The van der Waals surface area contributed by atoms with Crippen molar-refractivity contribution in [2.45, 2.75) is 43.0 Å². The zero-order chi connectivity index (χ0) is 22.6. The van der Waals surface area contributed by atoms with Crippen LogP contribution in [0.4, 0.5) is 0 Å². The number of likely N-dealkylation sites (N-methyl/N-ethyl adjacent to an activating group) is 1. The van der Waals surface area contributed by atoms with E-state index in [0.29, 0.717) is 0 Å². The number of piperazine rings is 1. The summed E-state index contributed by atoms with van der Waals surface area (Å²) in [6, 6.07) is 8.00. The number of carbonyl (C=O) groups excluding carboxylic acids is 1. The molecule has 1 heterocycles. The molecule has 1 aliphatic heterocycles. The Balaban J connectivity index is 1.56. The molecule has 0 atom stereocenters. The Hall–Kier alpha value is -1.53. The lowest BCUT2D eigenvalue weighted by atomic mass is 9.96. The van der Waals surface area contributed by atoms with Crippen molar-refractivity contribution in [3.8, 4) is 0 Å². The molecule has 174 valence electrons. The maximum Gasteiger partial charge on any atom is 0.282 e. The lowest BCUT2D eigenvalue weighted by molar-refractivity contribution is -0.132. The van der Waals surface area contributed by atoms with Crippen LogP contribution in [0.15, 0.2) is 35.2 Å². The number of rotatable bonds is 7. The number of carbonyl (C=O) groups is 1. The lowest BCUT2D eigenvalue weighted by Crippen LogP contribution is -2.56. The van der Waals surface area contributed by atoms with Crippen LogP contribution in [0.1, 0.15) is 32.1 Å². The number of sulfonamides is 1. The van der Waals surface area contributed by atoms with E-state index < -0.39 is 20.2 Å². The van der Waals surface area contributed by atoms with Crippen molar-refractivity contribution in [1.29, 1.82) is 0 Å². The molecule has 2 aliphatic rings. The van der Waals surface area contributed by atoms with Gasteiger partial charge in [-0.15, -0.1) is 0 Å². The molecule has 1 aliphatic carbocycles. The molecule has 1 aromatic carbocycles. The van der Waals surface area contributed by atoms with Crippen molar-refractivity contribution in [1.82, 2.24) is 17.8 Å². The highest BCUT2D eigenvalue weighted by Gasteiger charge is 2.36. The summed E-state index contributed by atoms with van der Waals surface area (Å²) in [5, 5.41) is 0. The van der Waals surface area contributed by atoms with E-state index in [1.54, 1.807) is 25.2 Å². The van der Waals surface area contributed by atoms with Crippen LogP contribution >= 0.6 is 0 Å². The summed E-state index contributed by atoms with van der Waals surface area (Å²) >= 11 is 0. The van der Waals surface area contributed by atoms with Crippen LogP contribution in [0, 0.1) is 0 Å².